The molecule has 33 heavy (non-hydrogen) atoms. The minimum atomic E-state index is -1.11. The number of fused-ring (bicyclic) bond motifs is 1. The van der Waals surface area contributed by atoms with Crippen molar-refractivity contribution in [2.24, 2.45) is 0 Å². The molecule has 2 atom stereocenters. The summed E-state index contributed by atoms with van der Waals surface area (Å²) in [6.07, 6.45) is 1.09. The molecule has 3 aromatic rings. The molecule has 1 aliphatic heterocycles. The minimum absolute atomic E-state index is 0.0523. The summed E-state index contributed by atoms with van der Waals surface area (Å²) in [7, 11) is 0. The first-order chi connectivity index (χ1) is 15.7. The van der Waals surface area contributed by atoms with Gasteiger partial charge in [-0.25, -0.2) is 13.2 Å². The van der Waals surface area contributed by atoms with Crippen LogP contribution < -0.4 is 10.6 Å². The quantitative estimate of drug-likeness (QED) is 0.632. The van der Waals surface area contributed by atoms with Crippen LogP contribution in [-0.4, -0.2) is 27.6 Å². The lowest BCUT2D eigenvalue weighted by molar-refractivity contribution is -0.118. The second-order valence-electron chi connectivity index (χ2n) is 7.84. The third kappa shape index (κ3) is 4.57. The van der Waals surface area contributed by atoms with Crippen LogP contribution in [0.5, 0.6) is 0 Å². The Morgan fingerprint density at radius 1 is 1.27 bits per heavy atom. The van der Waals surface area contributed by atoms with Gasteiger partial charge in [0.1, 0.15) is 17.7 Å². The molecule has 0 saturated carbocycles. The number of hydrogen-bond donors (Lipinski definition) is 2. The van der Waals surface area contributed by atoms with E-state index in [0.29, 0.717) is 17.2 Å². The fourth-order valence-electron chi connectivity index (χ4n) is 3.82. The Bertz CT molecular complexity index is 1300. The van der Waals surface area contributed by atoms with Gasteiger partial charge in [-0.15, -0.1) is 0 Å². The third-order valence-corrected chi connectivity index (χ3v) is 5.41. The van der Waals surface area contributed by atoms with Crippen molar-refractivity contribution in [3.05, 3.63) is 82.4 Å². The molecule has 2 amide bonds. The highest BCUT2D eigenvalue weighted by Crippen LogP contribution is 2.34. The van der Waals surface area contributed by atoms with E-state index in [1.165, 1.54) is 4.68 Å². The van der Waals surface area contributed by atoms with Crippen LogP contribution in [-0.2, 0) is 11.3 Å². The molecule has 0 fully saturated rings. The molecule has 1 unspecified atom stereocenters. The smallest absolute Gasteiger partial charge is 0.275 e. The van der Waals surface area contributed by atoms with Gasteiger partial charge in [0.15, 0.2) is 11.5 Å². The third-order valence-electron chi connectivity index (χ3n) is 5.41. The van der Waals surface area contributed by atoms with Gasteiger partial charge >= 0.3 is 0 Å². The Hall–Kier alpha value is -4.13. The average Bonchev–Trinajstić information content (AvgIpc) is 3.09. The standard InChI is InChI=1S/C23H18F3N5O2/c1-12-5-19(22(32)29-20-16(12)7-15(24)8-17(20)25)28-23(33)21-18(26)11-31(30-21)10-14-4-2-3-13(6-14)9-27/h2-4,6-8,11-12,19H,5,10H2,1H3,(H,28,33)(H,29,32)/t12?,19-/m0/s1. The van der Waals surface area contributed by atoms with E-state index in [9.17, 15) is 22.8 Å². The summed E-state index contributed by atoms with van der Waals surface area (Å²) in [5, 5.41) is 17.8. The molecule has 2 aromatic carbocycles. The second-order valence-corrected chi connectivity index (χ2v) is 7.84. The lowest BCUT2D eigenvalue weighted by atomic mass is 9.94. The van der Waals surface area contributed by atoms with Crippen LogP contribution >= 0.6 is 0 Å². The summed E-state index contributed by atoms with van der Waals surface area (Å²) in [5.74, 6) is -4.66. The molecule has 7 nitrogen and oxygen atoms in total. The van der Waals surface area contributed by atoms with Gasteiger partial charge in [0.25, 0.3) is 5.91 Å². The Balaban J connectivity index is 1.51. The van der Waals surface area contributed by atoms with Crippen LogP contribution in [0.2, 0.25) is 0 Å². The molecular formula is C23H18F3N5O2. The Morgan fingerprint density at radius 3 is 2.82 bits per heavy atom. The number of rotatable bonds is 4. The van der Waals surface area contributed by atoms with Crippen LogP contribution in [0.1, 0.15) is 46.4 Å². The van der Waals surface area contributed by atoms with Crippen LogP contribution in [0.3, 0.4) is 0 Å². The highest BCUT2D eigenvalue weighted by atomic mass is 19.1. The van der Waals surface area contributed by atoms with E-state index in [4.69, 9.17) is 5.26 Å². The summed E-state index contributed by atoms with van der Waals surface area (Å²) in [6, 6.07) is 9.36. The summed E-state index contributed by atoms with van der Waals surface area (Å²) in [4.78, 5) is 25.3. The fraction of sp³-hybridized carbons (Fsp3) is 0.217. The van der Waals surface area contributed by atoms with Crippen LogP contribution in [0, 0.1) is 28.8 Å². The number of carbonyl (C=O) groups excluding carboxylic acids is 2. The number of benzene rings is 2. The largest absolute Gasteiger partial charge is 0.339 e. The number of nitriles is 1. The van der Waals surface area contributed by atoms with Crippen LogP contribution in [0.25, 0.3) is 0 Å². The number of anilines is 1. The normalized spacial score (nSPS) is 17.5. The monoisotopic (exact) mass is 453 g/mol. The van der Waals surface area contributed by atoms with Gasteiger partial charge in [-0.2, -0.15) is 10.4 Å². The molecule has 168 valence electrons. The maximum Gasteiger partial charge on any atom is 0.275 e. The van der Waals surface area contributed by atoms with Gasteiger partial charge in [0.2, 0.25) is 5.91 Å². The van der Waals surface area contributed by atoms with E-state index in [0.717, 1.165) is 12.3 Å². The molecule has 4 rings (SSSR count). The van der Waals surface area contributed by atoms with Gasteiger partial charge in [0.05, 0.1) is 30.1 Å². The van der Waals surface area contributed by atoms with E-state index < -0.39 is 46.9 Å². The zero-order chi connectivity index (χ0) is 23.7. The SMILES string of the molecule is CC1C[C@H](NC(=O)c2nn(Cc3cccc(C#N)c3)cc2F)C(=O)Nc2c(F)cc(F)cc21. The lowest BCUT2D eigenvalue weighted by Gasteiger charge is -2.17. The molecule has 0 spiro atoms. The molecule has 2 heterocycles. The summed E-state index contributed by atoms with van der Waals surface area (Å²) in [5.41, 5.74) is 0.746. The number of nitrogens with zero attached hydrogens (tertiary/aromatic N) is 3. The number of amides is 2. The van der Waals surface area contributed by atoms with E-state index in [-0.39, 0.29) is 24.2 Å². The zero-order valence-electron chi connectivity index (χ0n) is 17.4. The first kappa shape index (κ1) is 22.1. The second kappa shape index (κ2) is 8.78. The number of carbonyl (C=O) groups is 2. The van der Waals surface area contributed by atoms with E-state index in [2.05, 4.69) is 15.7 Å². The highest BCUT2D eigenvalue weighted by Gasteiger charge is 2.32. The van der Waals surface area contributed by atoms with Crippen molar-refractivity contribution in [1.82, 2.24) is 15.1 Å². The van der Waals surface area contributed by atoms with Crippen molar-refractivity contribution in [1.29, 1.82) is 5.26 Å². The zero-order valence-corrected chi connectivity index (χ0v) is 17.4. The highest BCUT2D eigenvalue weighted by molar-refractivity contribution is 6.01. The van der Waals surface area contributed by atoms with Crippen molar-refractivity contribution in [3.8, 4) is 6.07 Å². The predicted octanol–water partition coefficient (Wildman–Crippen LogP) is 3.46. The topological polar surface area (TPSA) is 99.8 Å². The first-order valence-electron chi connectivity index (χ1n) is 10.1. The van der Waals surface area contributed by atoms with Crippen LogP contribution in [0.4, 0.5) is 18.9 Å². The summed E-state index contributed by atoms with van der Waals surface area (Å²) in [6.45, 7) is 1.79. The van der Waals surface area contributed by atoms with E-state index >= 15 is 0 Å². The molecule has 10 heteroatoms. The van der Waals surface area contributed by atoms with Gasteiger partial charge in [0, 0.05) is 6.07 Å². The number of aromatic nitrogens is 2. The Morgan fingerprint density at radius 2 is 2.06 bits per heavy atom. The van der Waals surface area contributed by atoms with Gasteiger partial charge in [-0.1, -0.05) is 19.1 Å². The van der Waals surface area contributed by atoms with E-state index in [1.54, 1.807) is 31.2 Å². The maximum atomic E-state index is 14.4. The molecular weight excluding hydrogens is 435 g/mol. The van der Waals surface area contributed by atoms with Crippen molar-refractivity contribution in [2.75, 3.05) is 5.32 Å². The molecule has 1 aliphatic rings. The van der Waals surface area contributed by atoms with Crippen LogP contribution in [0.15, 0.2) is 42.6 Å². The predicted molar refractivity (Wildman–Crippen MR) is 112 cm³/mol. The van der Waals surface area contributed by atoms with Gasteiger partial charge < -0.3 is 10.6 Å². The Kier molecular flexibility index (Phi) is 5.87. The van der Waals surface area contributed by atoms with Crippen molar-refractivity contribution in [3.63, 3.8) is 0 Å². The van der Waals surface area contributed by atoms with Crippen molar-refractivity contribution in [2.45, 2.75) is 31.8 Å². The van der Waals surface area contributed by atoms with Gasteiger partial charge in [-0.05, 0) is 41.7 Å². The van der Waals surface area contributed by atoms with Crippen molar-refractivity contribution < 1.29 is 22.8 Å². The number of halogens is 3. The lowest BCUT2D eigenvalue weighted by Crippen LogP contribution is -2.44. The average molecular weight is 453 g/mol. The summed E-state index contributed by atoms with van der Waals surface area (Å²) >= 11 is 0. The summed E-state index contributed by atoms with van der Waals surface area (Å²) < 4.78 is 43.5. The number of nitrogens with one attached hydrogen (secondary N) is 2. The molecule has 0 bridgehead atoms. The maximum absolute atomic E-state index is 14.4. The number of hydrogen-bond acceptors (Lipinski definition) is 4. The van der Waals surface area contributed by atoms with Gasteiger partial charge in [-0.3, -0.25) is 14.3 Å². The molecule has 0 aliphatic carbocycles. The first-order valence-corrected chi connectivity index (χ1v) is 10.1. The fourth-order valence-corrected chi connectivity index (χ4v) is 3.82. The minimum Gasteiger partial charge on any atom is -0.339 e. The van der Waals surface area contributed by atoms with E-state index in [1.807, 2.05) is 6.07 Å². The molecule has 0 radical (unpaired) electrons. The Labute approximate surface area is 186 Å². The molecule has 0 saturated heterocycles. The van der Waals surface area contributed by atoms with Crippen molar-refractivity contribution >= 4 is 17.5 Å². The molecule has 1 aromatic heterocycles. The molecule has 2 N–H and O–H groups in total.